The lowest BCUT2D eigenvalue weighted by molar-refractivity contribution is -0.128. The second kappa shape index (κ2) is 21.1. The van der Waals surface area contributed by atoms with Crippen molar-refractivity contribution < 1.29 is 24.2 Å². The highest BCUT2D eigenvalue weighted by molar-refractivity contribution is 7.80. The highest BCUT2D eigenvalue weighted by Crippen LogP contribution is 2.45. The van der Waals surface area contributed by atoms with E-state index in [1.807, 2.05) is 6.92 Å². The molecule has 7 nitrogen and oxygen atoms in total. The van der Waals surface area contributed by atoms with Gasteiger partial charge in [-0.25, -0.2) is 9.69 Å². The van der Waals surface area contributed by atoms with Gasteiger partial charge in [-0.3, -0.25) is 4.79 Å². The summed E-state index contributed by atoms with van der Waals surface area (Å²) in [5.74, 6) is 0.524. The predicted octanol–water partition coefficient (Wildman–Crippen LogP) is 8.04. The molecule has 8 heteroatoms. The van der Waals surface area contributed by atoms with Crippen molar-refractivity contribution >= 4 is 29.9 Å². The Hall–Kier alpha value is -1.67. The minimum Gasteiger partial charge on any atom is -0.468 e. The second-order valence-corrected chi connectivity index (χ2v) is 12.4. The molecular weight excluding hydrogens is 536 g/mol. The van der Waals surface area contributed by atoms with Crippen LogP contribution in [0.25, 0.3) is 0 Å². The van der Waals surface area contributed by atoms with Crippen molar-refractivity contribution in [3.63, 3.8) is 0 Å². The van der Waals surface area contributed by atoms with Crippen LogP contribution in [-0.2, 0) is 14.3 Å². The van der Waals surface area contributed by atoms with Crippen LogP contribution in [0.5, 0.6) is 0 Å². The van der Waals surface area contributed by atoms with Crippen LogP contribution < -0.4 is 5.32 Å². The number of hydrogen-bond acceptors (Lipinski definition) is 6. The number of nitrogens with zero attached hydrogens (tertiary/aromatic N) is 1. The van der Waals surface area contributed by atoms with Crippen molar-refractivity contribution in [2.24, 2.45) is 17.8 Å². The number of amides is 1. The molecule has 1 heterocycles. The molecule has 2 aliphatic rings. The maximum absolute atomic E-state index is 13.2. The van der Waals surface area contributed by atoms with Gasteiger partial charge in [0, 0.05) is 18.7 Å². The number of thiocarbonyl (C=S) groups is 1. The number of ether oxygens (including phenoxy) is 2. The van der Waals surface area contributed by atoms with E-state index in [-0.39, 0.29) is 37.7 Å². The molecule has 1 fully saturated rings. The van der Waals surface area contributed by atoms with Crippen molar-refractivity contribution in [1.82, 2.24) is 10.2 Å². The fourth-order valence-corrected chi connectivity index (χ4v) is 7.39. The van der Waals surface area contributed by atoms with Crippen LogP contribution in [0, 0.1) is 17.8 Å². The topological polar surface area (TPSA) is 88.1 Å². The zero-order chi connectivity index (χ0) is 29.9. The molecule has 236 valence electrons. The Kier molecular flexibility index (Phi) is 18.3. The van der Waals surface area contributed by atoms with Gasteiger partial charge in [-0.1, -0.05) is 110 Å². The van der Waals surface area contributed by atoms with Crippen molar-refractivity contribution in [3.8, 4) is 0 Å². The van der Waals surface area contributed by atoms with Crippen LogP contribution >= 0.6 is 12.2 Å². The summed E-state index contributed by atoms with van der Waals surface area (Å²) < 4.78 is 10.5. The minimum atomic E-state index is -0.460. The SMILES string of the molecule is CCCCCCCCCCCCCCCC1CCCC(CO)C1C1C(CCOC=O)=C(C)NC(=S)N1C(=O)OCC. The van der Waals surface area contributed by atoms with E-state index < -0.39 is 6.09 Å². The lowest BCUT2D eigenvalue weighted by atomic mass is 9.65. The molecule has 1 aliphatic heterocycles. The number of hydrogen-bond donors (Lipinski definition) is 2. The van der Waals surface area contributed by atoms with Gasteiger partial charge >= 0.3 is 6.09 Å². The molecule has 0 aromatic rings. The van der Waals surface area contributed by atoms with Gasteiger partial charge in [0.15, 0.2) is 5.11 Å². The third-order valence-corrected chi connectivity index (χ3v) is 9.47. The third-order valence-electron chi connectivity index (χ3n) is 9.17. The van der Waals surface area contributed by atoms with Crippen molar-refractivity contribution in [2.75, 3.05) is 19.8 Å². The van der Waals surface area contributed by atoms with Crippen LogP contribution in [0.2, 0.25) is 0 Å². The normalized spacial score (nSPS) is 22.9. The van der Waals surface area contributed by atoms with Gasteiger partial charge in [-0.05, 0) is 55.8 Å². The van der Waals surface area contributed by atoms with Crippen LogP contribution in [0.4, 0.5) is 4.79 Å². The fourth-order valence-electron chi connectivity index (χ4n) is 7.05. The summed E-state index contributed by atoms with van der Waals surface area (Å²) in [5, 5.41) is 14.0. The molecule has 41 heavy (non-hydrogen) atoms. The van der Waals surface area contributed by atoms with E-state index in [0.717, 1.165) is 43.4 Å². The third kappa shape index (κ3) is 11.9. The molecule has 2 N–H and O–H groups in total. The predicted molar refractivity (Wildman–Crippen MR) is 169 cm³/mol. The highest BCUT2D eigenvalue weighted by Gasteiger charge is 2.47. The van der Waals surface area contributed by atoms with Crippen LogP contribution in [0.3, 0.4) is 0 Å². The van der Waals surface area contributed by atoms with Gasteiger partial charge in [-0.15, -0.1) is 0 Å². The quantitative estimate of drug-likeness (QED) is 0.0790. The van der Waals surface area contributed by atoms with E-state index in [2.05, 4.69) is 12.2 Å². The summed E-state index contributed by atoms with van der Waals surface area (Å²) in [5.41, 5.74) is 1.91. The minimum absolute atomic E-state index is 0.0664. The Morgan fingerprint density at radius 3 is 2.12 bits per heavy atom. The van der Waals surface area contributed by atoms with Gasteiger partial charge in [0.1, 0.15) is 0 Å². The average Bonchev–Trinajstić information content (AvgIpc) is 2.96. The summed E-state index contributed by atoms with van der Waals surface area (Å²) in [6, 6.07) is -0.317. The Morgan fingerprint density at radius 1 is 0.976 bits per heavy atom. The first-order valence-corrected chi connectivity index (χ1v) is 17.0. The van der Waals surface area contributed by atoms with Crippen LogP contribution in [0.1, 0.15) is 136 Å². The van der Waals surface area contributed by atoms with Gasteiger partial charge in [0.2, 0.25) is 0 Å². The Bertz CT molecular complexity index is 804. The molecule has 0 bridgehead atoms. The first kappa shape index (κ1) is 35.5. The van der Waals surface area contributed by atoms with Crippen LogP contribution in [0.15, 0.2) is 11.3 Å². The Morgan fingerprint density at radius 2 is 1.56 bits per heavy atom. The van der Waals surface area contributed by atoms with E-state index in [9.17, 15) is 14.7 Å². The molecule has 0 radical (unpaired) electrons. The molecule has 0 aromatic carbocycles. The number of rotatable bonds is 21. The average molecular weight is 595 g/mol. The Balaban J connectivity index is 2.00. The molecule has 0 aromatic heterocycles. The lowest BCUT2D eigenvalue weighted by Crippen LogP contribution is -2.59. The van der Waals surface area contributed by atoms with E-state index in [1.165, 1.54) is 77.0 Å². The van der Waals surface area contributed by atoms with E-state index in [0.29, 0.717) is 23.9 Å². The molecular formula is C33H58N2O5S. The first-order chi connectivity index (χ1) is 20.0. The Labute approximate surface area is 255 Å². The maximum Gasteiger partial charge on any atom is 0.416 e. The lowest BCUT2D eigenvalue weighted by Gasteiger charge is -2.49. The fraction of sp³-hybridized carbons (Fsp3) is 0.848. The number of carbonyl (C=O) groups is 2. The number of nitrogens with one attached hydrogen (secondary N) is 1. The second-order valence-electron chi connectivity index (χ2n) is 12.1. The molecule has 1 amide bonds. The molecule has 1 aliphatic carbocycles. The first-order valence-electron chi connectivity index (χ1n) is 16.6. The number of unbranched alkanes of at least 4 members (excludes halogenated alkanes) is 12. The summed E-state index contributed by atoms with van der Waals surface area (Å²) in [7, 11) is 0. The summed E-state index contributed by atoms with van der Waals surface area (Å²) in [6.07, 6.45) is 21.6. The molecule has 0 spiro atoms. The van der Waals surface area contributed by atoms with Crippen molar-refractivity contribution in [3.05, 3.63) is 11.3 Å². The zero-order valence-corrected chi connectivity index (χ0v) is 27.0. The molecule has 4 atom stereocenters. The van der Waals surface area contributed by atoms with Gasteiger partial charge in [0.05, 0.1) is 19.3 Å². The number of carbonyl (C=O) groups excluding carboxylic acids is 2. The molecule has 2 rings (SSSR count). The van der Waals surface area contributed by atoms with Gasteiger partial charge < -0.3 is 19.9 Å². The standard InChI is InChI=1S/C33H58N2O5S/c1-4-6-7-8-9-10-11-12-13-14-15-16-17-19-27-20-18-21-28(24-36)30(27)31-29(22-23-39-25-37)26(3)34-32(41)35(31)33(38)40-5-2/h25,27-28,30-31,36H,4-24H2,1-3H3,(H,34,41). The van der Waals surface area contributed by atoms with Crippen molar-refractivity contribution in [1.29, 1.82) is 0 Å². The molecule has 4 unspecified atom stereocenters. The van der Waals surface area contributed by atoms with Gasteiger partial charge in [0.25, 0.3) is 6.47 Å². The summed E-state index contributed by atoms with van der Waals surface area (Å²) in [6.45, 7) is 7.07. The smallest absolute Gasteiger partial charge is 0.416 e. The number of aliphatic hydroxyl groups is 1. The van der Waals surface area contributed by atoms with E-state index in [1.54, 1.807) is 11.8 Å². The van der Waals surface area contributed by atoms with Crippen LogP contribution in [-0.4, -0.2) is 53.5 Å². The summed E-state index contributed by atoms with van der Waals surface area (Å²) >= 11 is 5.67. The number of aliphatic hydroxyl groups excluding tert-OH is 1. The largest absolute Gasteiger partial charge is 0.468 e. The van der Waals surface area contributed by atoms with E-state index >= 15 is 0 Å². The van der Waals surface area contributed by atoms with Gasteiger partial charge in [-0.2, -0.15) is 0 Å². The summed E-state index contributed by atoms with van der Waals surface area (Å²) in [4.78, 5) is 25.7. The van der Waals surface area contributed by atoms with E-state index in [4.69, 9.17) is 21.7 Å². The maximum atomic E-state index is 13.2. The molecule has 0 saturated heterocycles. The monoisotopic (exact) mass is 594 g/mol. The highest BCUT2D eigenvalue weighted by atomic mass is 32.1. The van der Waals surface area contributed by atoms with Crippen molar-refractivity contribution in [2.45, 2.75) is 142 Å². The number of allylic oxidation sites excluding steroid dienone is 1. The zero-order valence-electron chi connectivity index (χ0n) is 26.2. The molecule has 1 saturated carbocycles.